The summed E-state index contributed by atoms with van der Waals surface area (Å²) >= 11 is 0. The Balaban J connectivity index is 1.33. The van der Waals surface area contributed by atoms with E-state index in [4.69, 9.17) is 4.74 Å². The van der Waals surface area contributed by atoms with Gasteiger partial charge >= 0.3 is 0 Å². The van der Waals surface area contributed by atoms with Gasteiger partial charge in [0.05, 0.1) is 12.1 Å². The van der Waals surface area contributed by atoms with Crippen LogP contribution < -0.4 is 10.1 Å². The van der Waals surface area contributed by atoms with Gasteiger partial charge in [-0.25, -0.2) is 9.97 Å². The fourth-order valence-corrected chi connectivity index (χ4v) is 2.75. The molecule has 28 heavy (non-hydrogen) atoms. The maximum Gasteiger partial charge on any atom is 0.252 e. The predicted molar refractivity (Wildman–Crippen MR) is 103 cm³/mol. The van der Waals surface area contributed by atoms with Crippen molar-refractivity contribution in [3.8, 4) is 11.6 Å². The normalized spacial score (nSPS) is 10.8. The predicted octanol–water partition coefficient (Wildman–Crippen LogP) is 2.33. The summed E-state index contributed by atoms with van der Waals surface area (Å²) < 4.78 is 7.48. The quantitative estimate of drug-likeness (QED) is 0.521. The van der Waals surface area contributed by atoms with Crippen LogP contribution in [-0.2, 0) is 0 Å². The molecule has 4 aromatic rings. The fourth-order valence-electron chi connectivity index (χ4n) is 2.75. The first-order valence-corrected chi connectivity index (χ1v) is 8.79. The van der Waals surface area contributed by atoms with E-state index in [1.54, 1.807) is 29.4 Å². The Morgan fingerprint density at radius 2 is 1.96 bits per heavy atom. The van der Waals surface area contributed by atoms with Crippen molar-refractivity contribution in [2.24, 2.45) is 0 Å². The summed E-state index contributed by atoms with van der Waals surface area (Å²) in [5.41, 5.74) is 2.22. The van der Waals surface area contributed by atoms with E-state index in [2.05, 4.69) is 25.5 Å². The molecule has 140 valence electrons. The largest absolute Gasteiger partial charge is 0.489 e. The fraction of sp³-hybridized carbons (Fsp3) is 0.150. The van der Waals surface area contributed by atoms with Gasteiger partial charge in [0, 0.05) is 17.3 Å². The second kappa shape index (κ2) is 7.83. The van der Waals surface area contributed by atoms with Crippen LogP contribution in [0.3, 0.4) is 0 Å². The van der Waals surface area contributed by atoms with Gasteiger partial charge in [-0.1, -0.05) is 18.2 Å². The Bertz CT molecular complexity index is 1090. The Morgan fingerprint density at radius 3 is 2.75 bits per heavy atom. The summed E-state index contributed by atoms with van der Waals surface area (Å²) in [6.07, 6.45) is 4.61. The zero-order valence-corrected chi connectivity index (χ0v) is 15.2. The molecule has 0 aliphatic heterocycles. The minimum absolute atomic E-state index is 0.210. The van der Waals surface area contributed by atoms with Gasteiger partial charge in [0.25, 0.3) is 5.91 Å². The maximum atomic E-state index is 12.3. The third-order valence-electron chi connectivity index (χ3n) is 4.16. The average Bonchev–Trinajstić information content (AvgIpc) is 3.26. The van der Waals surface area contributed by atoms with Gasteiger partial charge in [-0.2, -0.15) is 0 Å². The topological polar surface area (TPSA) is 94.8 Å². The van der Waals surface area contributed by atoms with Crippen molar-refractivity contribution in [2.45, 2.75) is 6.92 Å². The molecule has 0 bridgehead atoms. The molecule has 0 aliphatic carbocycles. The van der Waals surface area contributed by atoms with Crippen molar-refractivity contribution in [2.75, 3.05) is 13.2 Å². The van der Waals surface area contributed by atoms with Crippen molar-refractivity contribution >= 4 is 16.8 Å². The molecule has 4 rings (SSSR count). The van der Waals surface area contributed by atoms with Gasteiger partial charge < -0.3 is 10.1 Å². The van der Waals surface area contributed by atoms with Crippen LogP contribution in [0.1, 0.15) is 16.1 Å². The number of hydrogen-bond acceptors (Lipinski definition) is 6. The van der Waals surface area contributed by atoms with E-state index in [1.165, 1.54) is 6.20 Å². The van der Waals surface area contributed by atoms with Crippen LogP contribution in [0.5, 0.6) is 5.75 Å². The molecule has 8 heteroatoms. The van der Waals surface area contributed by atoms with E-state index >= 15 is 0 Å². The third kappa shape index (κ3) is 3.80. The summed E-state index contributed by atoms with van der Waals surface area (Å²) in [5.74, 6) is 1.14. The molecule has 0 aliphatic rings. The van der Waals surface area contributed by atoms with Crippen molar-refractivity contribution < 1.29 is 9.53 Å². The number of fused-ring (bicyclic) bond motifs is 1. The lowest BCUT2D eigenvalue weighted by Gasteiger charge is -2.10. The van der Waals surface area contributed by atoms with E-state index in [0.717, 1.165) is 16.6 Å². The van der Waals surface area contributed by atoms with Crippen molar-refractivity contribution in [1.82, 2.24) is 30.0 Å². The highest BCUT2D eigenvalue weighted by Gasteiger charge is 2.08. The van der Waals surface area contributed by atoms with Crippen LogP contribution in [0, 0.1) is 6.92 Å². The van der Waals surface area contributed by atoms with E-state index in [0.29, 0.717) is 30.3 Å². The lowest BCUT2D eigenvalue weighted by atomic mass is 10.2. The molecule has 0 saturated carbocycles. The molecule has 0 fully saturated rings. The molecule has 0 spiro atoms. The number of carbonyl (C=O) groups excluding carboxylic acids is 1. The summed E-state index contributed by atoms with van der Waals surface area (Å²) in [6, 6.07) is 13.2. The second-order valence-corrected chi connectivity index (χ2v) is 6.16. The molecule has 1 amide bonds. The SMILES string of the molecule is Cc1ccc2cccc(OCCNC(=O)c3ccc(-n4cnnc4)nc3)c2n1. The van der Waals surface area contributed by atoms with Crippen LogP contribution in [0.4, 0.5) is 0 Å². The first-order chi connectivity index (χ1) is 13.7. The lowest BCUT2D eigenvalue weighted by Crippen LogP contribution is -2.28. The standard InChI is InChI=1S/C20H18N6O2/c1-14-5-6-15-3-2-4-17(19(15)25-14)28-10-9-21-20(27)16-7-8-18(22-11-16)26-12-23-24-13-26/h2-8,11-13H,9-10H2,1H3,(H,21,27). The van der Waals surface area contributed by atoms with Crippen LogP contribution in [0.25, 0.3) is 16.7 Å². The van der Waals surface area contributed by atoms with Gasteiger partial charge in [-0.3, -0.25) is 9.36 Å². The maximum absolute atomic E-state index is 12.3. The number of para-hydroxylation sites is 1. The van der Waals surface area contributed by atoms with Crippen LogP contribution in [0.15, 0.2) is 61.3 Å². The van der Waals surface area contributed by atoms with Gasteiger partial charge in [0.2, 0.25) is 0 Å². The van der Waals surface area contributed by atoms with Gasteiger partial charge in [-0.15, -0.1) is 10.2 Å². The molecule has 8 nitrogen and oxygen atoms in total. The van der Waals surface area contributed by atoms with Crippen LogP contribution >= 0.6 is 0 Å². The summed E-state index contributed by atoms with van der Waals surface area (Å²) in [4.78, 5) is 21.0. The highest BCUT2D eigenvalue weighted by Crippen LogP contribution is 2.23. The Labute approximate surface area is 161 Å². The van der Waals surface area contributed by atoms with Gasteiger partial charge in [0.1, 0.15) is 36.3 Å². The van der Waals surface area contributed by atoms with E-state index in [9.17, 15) is 4.79 Å². The Morgan fingerprint density at radius 1 is 1.11 bits per heavy atom. The van der Waals surface area contributed by atoms with E-state index in [1.807, 2.05) is 37.3 Å². The Kier molecular flexibility index (Phi) is 4.92. The molecule has 0 unspecified atom stereocenters. The monoisotopic (exact) mass is 374 g/mol. The number of pyridine rings is 2. The molecule has 1 aromatic carbocycles. The summed E-state index contributed by atoms with van der Waals surface area (Å²) in [5, 5.41) is 11.3. The van der Waals surface area contributed by atoms with Gasteiger partial charge in [-0.05, 0) is 31.2 Å². The highest BCUT2D eigenvalue weighted by molar-refractivity contribution is 5.93. The number of hydrogen-bond donors (Lipinski definition) is 1. The summed E-state index contributed by atoms with van der Waals surface area (Å²) in [7, 11) is 0. The minimum atomic E-state index is -0.210. The van der Waals surface area contributed by atoms with Crippen molar-refractivity contribution in [3.63, 3.8) is 0 Å². The Hall–Kier alpha value is -3.81. The molecule has 1 N–H and O–H groups in total. The van der Waals surface area contributed by atoms with Crippen LogP contribution in [0.2, 0.25) is 0 Å². The number of nitrogens with one attached hydrogen (secondary N) is 1. The average molecular weight is 374 g/mol. The number of rotatable bonds is 6. The lowest BCUT2D eigenvalue weighted by molar-refractivity contribution is 0.0947. The highest BCUT2D eigenvalue weighted by atomic mass is 16.5. The molecule has 3 aromatic heterocycles. The number of amides is 1. The third-order valence-corrected chi connectivity index (χ3v) is 4.16. The van der Waals surface area contributed by atoms with Gasteiger partial charge in [0.15, 0.2) is 0 Å². The molecule has 0 saturated heterocycles. The summed E-state index contributed by atoms with van der Waals surface area (Å²) in [6.45, 7) is 2.65. The number of carbonyl (C=O) groups is 1. The first-order valence-electron chi connectivity index (χ1n) is 8.79. The number of aryl methyl sites for hydroxylation is 1. The second-order valence-electron chi connectivity index (χ2n) is 6.16. The molecule has 0 atom stereocenters. The molecule has 0 radical (unpaired) electrons. The molecular weight excluding hydrogens is 356 g/mol. The van der Waals surface area contributed by atoms with E-state index < -0.39 is 0 Å². The number of benzene rings is 1. The molecular formula is C20H18N6O2. The zero-order chi connectivity index (χ0) is 19.3. The molecule has 3 heterocycles. The first kappa shape index (κ1) is 17.6. The number of aromatic nitrogens is 5. The smallest absolute Gasteiger partial charge is 0.252 e. The van der Waals surface area contributed by atoms with Crippen molar-refractivity contribution in [1.29, 1.82) is 0 Å². The van der Waals surface area contributed by atoms with Crippen LogP contribution in [-0.4, -0.2) is 43.8 Å². The zero-order valence-electron chi connectivity index (χ0n) is 15.2. The number of ether oxygens (including phenoxy) is 1. The number of nitrogens with zero attached hydrogens (tertiary/aromatic N) is 5. The minimum Gasteiger partial charge on any atom is -0.489 e. The van der Waals surface area contributed by atoms with E-state index in [-0.39, 0.29) is 5.91 Å². The van der Waals surface area contributed by atoms with Crippen molar-refractivity contribution in [3.05, 3.63) is 72.6 Å².